The molecule has 0 unspecified atom stereocenters. The Morgan fingerprint density at radius 1 is 1.20 bits per heavy atom. The molecule has 0 aliphatic heterocycles. The summed E-state index contributed by atoms with van der Waals surface area (Å²) in [5.41, 5.74) is 6.34. The molecule has 0 aliphatic carbocycles. The summed E-state index contributed by atoms with van der Waals surface area (Å²) in [5.74, 6) is -0.379. The molecule has 0 amide bonds. The van der Waals surface area contributed by atoms with Gasteiger partial charge in [0.2, 0.25) is 0 Å². The second-order valence-electron chi connectivity index (χ2n) is 3.92. The largest absolute Gasteiger partial charge is 0.465 e. The fourth-order valence-electron chi connectivity index (χ4n) is 1.56. The number of ether oxygens (including phenoxy) is 2. The van der Waals surface area contributed by atoms with Gasteiger partial charge in [0.15, 0.2) is 0 Å². The van der Waals surface area contributed by atoms with E-state index in [1.165, 1.54) is 37.4 Å². The smallest absolute Gasteiger partial charge is 0.337 e. The maximum Gasteiger partial charge on any atom is 0.337 e. The first-order valence-electron chi connectivity index (χ1n) is 5.62. The molecule has 0 radical (unpaired) electrons. The van der Waals surface area contributed by atoms with Crippen molar-refractivity contribution in [2.45, 2.75) is 0 Å². The number of carbonyl (C=O) groups excluding carboxylic acids is 1. The minimum atomic E-state index is -0.497. The van der Waals surface area contributed by atoms with Crippen LogP contribution >= 0.6 is 11.6 Å². The van der Waals surface area contributed by atoms with Gasteiger partial charge in [0.25, 0.3) is 0 Å². The van der Waals surface area contributed by atoms with E-state index in [2.05, 4.69) is 4.74 Å². The lowest BCUT2D eigenvalue weighted by molar-refractivity contribution is 0.0601. The first-order valence-corrected chi connectivity index (χ1v) is 6.00. The van der Waals surface area contributed by atoms with Gasteiger partial charge < -0.3 is 15.2 Å². The third-order valence-electron chi connectivity index (χ3n) is 2.54. The Morgan fingerprint density at radius 3 is 2.50 bits per heavy atom. The van der Waals surface area contributed by atoms with Crippen molar-refractivity contribution in [2.75, 3.05) is 12.8 Å². The first kappa shape index (κ1) is 14.1. The van der Waals surface area contributed by atoms with Crippen LogP contribution in [0.3, 0.4) is 0 Å². The summed E-state index contributed by atoms with van der Waals surface area (Å²) in [7, 11) is 1.28. The van der Waals surface area contributed by atoms with Gasteiger partial charge in [0.1, 0.15) is 17.3 Å². The maximum atomic E-state index is 12.9. The second kappa shape index (κ2) is 5.79. The minimum Gasteiger partial charge on any atom is -0.465 e. The molecule has 4 nitrogen and oxygen atoms in total. The predicted molar refractivity (Wildman–Crippen MR) is 73.7 cm³/mol. The topological polar surface area (TPSA) is 61.5 Å². The third kappa shape index (κ3) is 3.00. The molecular weight excluding hydrogens is 285 g/mol. The SMILES string of the molecule is COC(=O)c1ccc(Oc2ccc(F)cc2Cl)c(N)c1. The molecule has 2 aromatic carbocycles. The minimum absolute atomic E-state index is 0.126. The van der Waals surface area contributed by atoms with E-state index in [-0.39, 0.29) is 16.5 Å². The Morgan fingerprint density at radius 2 is 1.90 bits per heavy atom. The van der Waals surface area contributed by atoms with Gasteiger partial charge >= 0.3 is 5.97 Å². The number of hydrogen-bond acceptors (Lipinski definition) is 4. The van der Waals surface area contributed by atoms with Gasteiger partial charge in [-0.25, -0.2) is 9.18 Å². The Balaban J connectivity index is 2.28. The Hall–Kier alpha value is -2.27. The Kier molecular flexibility index (Phi) is 4.10. The summed E-state index contributed by atoms with van der Waals surface area (Å²) >= 11 is 5.86. The molecule has 0 atom stereocenters. The molecule has 2 rings (SSSR count). The number of esters is 1. The summed E-state index contributed by atoms with van der Waals surface area (Å²) in [5, 5.41) is 0.126. The molecule has 104 valence electrons. The van der Waals surface area contributed by atoms with Gasteiger partial charge in [-0.05, 0) is 36.4 Å². The predicted octanol–water partition coefficient (Wildman–Crippen LogP) is 3.64. The Labute approximate surface area is 119 Å². The van der Waals surface area contributed by atoms with Crippen LogP contribution in [0.1, 0.15) is 10.4 Å². The summed E-state index contributed by atoms with van der Waals surface area (Å²) in [6.07, 6.45) is 0. The molecule has 2 aromatic rings. The number of rotatable bonds is 3. The standard InChI is InChI=1S/C14H11ClFNO3/c1-19-14(18)8-2-4-13(11(17)6-8)20-12-5-3-9(16)7-10(12)15/h2-7H,17H2,1H3. The second-order valence-corrected chi connectivity index (χ2v) is 4.33. The first-order chi connectivity index (χ1) is 9.51. The van der Waals surface area contributed by atoms with Crippen molar-refractivity contribution < 1.29 is 18.7 Å². The van der Waals surface area contributed by atoms with E-state index < -0.39 is 11.8 Å². The van der Waals surface area contributed by atoms with Crippen molar-refractivity contribution in [1.82, 2.24) is 0 Å². The van der Waals surface area contributed by atoms with Crippen molar-refractivity contribution in [3.05, 3.63) is 52.8 Å². The van der Waals surface area contributed by atoms with Gasteiger partial charge in [0, 0.05) is 0 Å². The summed E-state index contributed by atoms with van der Waals surface area (Å²) < 4.78 is 23.0. The molecule has 0 saturated heterocycles. The number of halogens is 2. The van der Waals surface area contributed by atoms with Crippen molar-refractivity contribution in [3.8, 4) is 11.5 Å². The number of hydrogen-bond donors (Lipinski definition) is 1. The molecule has 2 N–H and O–H groups in total. The summed E-state index contributed by atoms with van der Waals surface area (Å²) in [6, 6.07) is 8.20. The number of nitrogens with two attached hydrogens (primary N) is 1. The lowest BCUT2D eigenvalue weighted by atomic mass is 10.2. The van der Waals surface area contributed by atoms with E-state index in [1.807, 2.05) is 0 Å². The molecule has 0 aromatic heterocycles. The molecule has 6 heteroatoms. The zero-order valence-corrected chi connectivity index (χ0v) is 11.3. The third-order valence-corrected chi connectivity index (χ3v) is 2.84. The van der Waals surface area contributed by atoms with Gasteiger partial charge in [-0.1, -0.05) is 11.6 Å². The van der Waals surface area contributed by atoms with Crippen LogP contribution in [0.2, 0.25) is 5.02 Å². The summed E-state index contributed by atoms with van der Waals surface area (Å²) in [4.78, 5) is 11.3. The van der Waals surface area contributed by atoms with E-state index in [1.54, 1.807) is 0 Å². The molecule has 0 saturated carbocycles. The number of carbonyl (C=O) groups is 1. The fraction of sp³-hybridized carbons (Fsp3) is 0.0714. The normalized spacial score (nSPS) is 10.2. The van der Waals surface area contributed by atoms with Crippen molar-refractivity contribution in [1.29, 1.82) is 0 Å². The van der Waals surface area contributed by atoms with Crippen LogP contribution in [0.25, 0.3) is 0 Å². The van der Waals surface area contributed by atoms with Gasteiger partial charge in [-0.3, -0.25) is 0 Å². The average Bonchev–Trinajstić information content (AvgIpc) is 2.42. The van der Waals surface area contributed by atoms with Crippen LogP contribution in [0.5, 0.6) is 11.5 Å². The molecular formula is C14H11ClFNO3. The number of methoxy groups -OCH3 is 1. The van der Waals surface area contributed by atoms with Crippen molar-refractivity contribution >= 4 is 23.3 Å². The highest BCUT2D eigenvalue weighted by Crippen LogP contribution is 2.33. The van der Waals surface area contributed by atoms with Gasteiger partial charge in [0.05, 0.1) is 23.4 Å². The summed E-state index contributed by atoms with van der Waals surface area (Å²) in [6.45, 7) is 0. The highest BCUT2D eigenvalue weighted by molar-refractivity contribution is 6.32. The molecule has 0 spiro atoms. The lowest BCUT2D eigenvalue weighted by Crippen LogP contribution is -2.02. The molecule has 0 bridgehead atoms. The van der Waals surface area contributed by atoms with Crippen LogP contribution in [0.15, 0.2) is 36.4 Å². The van der Waals surface area contributed by atoms with Crippen LogP contribution in [0.4, 0.5) is 10.1 Å². The van der Waals surface area contributed by atoms with Crippen LogP contribution < -0.4 is 10.5 Å². The maximum absolute atomic E-state index is 12.9. The van der Waals surface area contributed by atoms with Crippen LogP contribution in [-0.2, 0) is 4.74 Å². The number of nitrogen functional groups attached to an aromatic ring is 1. The lowest BCUT2D eigenvalue weighted by Gasteiger charge is -2.10. The Bertz CT molecular complexity index is 661. The number of anilines is 1. The van der Waals surface area contributed by atoms with Crippen LogP contribution in [0, 0.1) is 5.82 Å². The van der Waals surface area contributed by atoms with Crippen molar-refractivity contribution in [2.24, 2.45) is 0 Å². The zero-order chi connectivity index (χ0) is 14.7. The van der Waals surface area contributed by atoms with E-state index in [4.69, 9.17) is 22.1 Å². The van der Waals surface area contributed by atoms with E-state index in [9.17, 15) is 9.18 Å². The fourth-order valence-corrected chi connectivity index (χ4v) is 1.77. The van der Waals surface area contributed by atoms with E-state index in [0.717, 1.165) is 6.07 Å². The van der Waals surface area contributed by atoms with Gasteiger partial charge in [-0.15, -0.1) is 0 Å². The monoisotopic (exact) mass is 295 g/mol. The average molecular weight is 296 g/mol. The molecule has 20 heavy (non-hydrogen) atoms. The van der Waals surface area contributed by atoms with E-state index in [0.29, 0.717) is 11.3 Å². The molecule has 0 fully saturated rings. The molecule has 0 aliphatic rings. The van der Waals surface area contributed by atoms with E-state index >= 15 is 0 Å². The number of benzene rings is 2. The highest BCUT2D eigenvalue weighted by Gasteiger charge is 2.11. The van der Waals surface area contributed by atoms with Gasteiger partial charge in [-0.2, -0.15) is 0 Å². The molecule has 0 heterocycles. The quantitative estimate of drug-likeness (QED) is 0.693. The van der Waals surface area contributed by atoms with Crippen molar-refractivity contribution in [3.63, 3.8) is 0 Å². The van der Waals surface area contributed by atoms with Crippen LogP contribution in [-0.4, -0.2) is 13.1 Å². The zero-order valence-electron chi connectivity index (χ0n) is 10.5. The highest BCUT2D eigenvalue weighted by atomic mass is 35.5.